The zero-order valence-corrected chi connectivity index (χ0v) is 12.3. The number of nitrogens with zero attached hydrogens (tertiary/aromatic N) is 1. The number of rotatable bonds is 2. The molecule has 2 aliphatic heterocycles. The summed E-state index contributed by atoms with van der Waals surface area (Å²) < 4.78 is 0. The van der Waals surface area contributed by atoms with Gasteiger partial charge < -0.3 is 10.2 Å². The molecule has 112 valence electrons. The summed E-state index contributed by atoms with van der Waals surface area (Å²) in [5.74, 6) is 1.12. The van der Waals surface area contributed by atoms with Crippen LogP contribution >= 0.6 is 0 Å². The molecule has 0 spiro atoms. The van der Waals surface area contributed by atoms with Crippen LogP contribution in [0, 0.1) is 5.92 Å². The summed E-state index contributed by atoms with van der Waals surface area (Å²) in [5.41, 5.74) is 0. The van der Waals surface area contributed by atoms with Gasteiger partial charge >= 0.3 is 0 Å². The lowest BCUT2D eigenvalue weighted by atomic mass is 9.98. The van der Waals surface area contributed by atoms with Crippen LogP contribution in [0.25, 0.3) is 0 Å². The Labute approximate surface area is 121 Å². The van der Waals surface area contributed by atoms with Gasteiger partial charge in [0.2, 0.25) is 11.8 Å². The van der Waals surface area contributed by atoms with Gasteiger partial charge in [-0.15, -0.1) is 0 Å². The van der Waals surface area contributed by atoms with Crippen molar-refractivity contribution in [3.8, 4) is 0 Å². The maximum Gasteiger partial charge on any atom is 0.223 e. The number of hydrogen-bond donors (Lipinski definition) is 1. The lowest BCUT2D eigenvalue weighted by molar-refractivity contribution is -0.134. The van der Waals surface area contributed by atoms with Crippen molar-refractivity contribution in [3.63, 3.8) is 0 Å². The number of nitrogens with one attached hydrogen (secondary N) is 1. The highest BCUT2D eigenvalue weighted by Crippen LogP contribution is 2.31. The van der Waals surface area contributed by atoms with Crippen molar-refractivity contribution in [1.82, 2.24) is 10.2 Å². The molecule has 0 aromatic rings. The monoisotopic (exact) mass is 278 g/mol. The van der Waals surface area contributed by atoms with E-state index in [1.165, 1.54) is 25.7 Å². The Morgan fingerprint density at radius 2 is 1.85 bits per heavy atom. The van der Waals surface area contributed by atoms with E-state index in [1.807, 2.05) is 0 Å². The van der Waals surface area contributed by atoms with E-state index in [9.17, 15) is 9.59 Å². The van der Waals surface area contributed by atoms with Gasteiger partial charge in [0.25, 0.3) is 0 Å². The third-order valence-corrected chi connectivity index (χ3v) is 5.30. The summed E-state index contributed by atoms with van der Waals surface area (Å²) in [5, 5.41) is 3.13. The SMILES string of the molecule is O=C1CCCC[C@@H]2[C@H](CCN2C(=O)CC2CCCC2)N1. The fraction of sp³-hybridized carbons (Fsp3) is 0.875. The molecule has 0 radical (unpaired) electrons. The van der Waals surface area contributed by atoms with Crippen LogP contribution < -0.4 is 5.32 Å². The van der Waals surface area contributed by atoms with E-state index >= 15 is 0 Å². The zero-order valence-electron chi connectivity index (χ0n) is 12.3. The summed E-state index contributed by atoms with van der Waals surface area (Å²) >= 11 is 0. The second-order valence-electron chi connectivity index (χ2n) is 6.72. The number of carbonyl (C=O) groups is 2. The van der Waals surface area contributed by atoms with Gasteiger partial charge in [0.05, 0.1) is 12.1 Å². The van der Waals surface area contributed by atoms with Crippen LogP contribution in [0.3, 0.4) is 0 Å². The molecule has 3 aliphatic rings. The second kappa shape index (κ2) is 6.15. The Hall–Kier alpha value is -1.06. The van der Waals surface area contributed by atoms with Crippen LogP contribution in [0.2, 0.25) is 0 Å². The summed E-state index contributed by atoms with van der Waals surface area (Å²) in [7, 11) is 0. The van der Waals surface area contributed by atoms with Crippen LogP contribution in [0.5, 0.6) is 0 Å². The largest absolute Gasteiger partial charge is 0.351 e. The average Bonchev–Trinajstić information content (AvgIpc) is 3.02. The molecular formula is C16H26N2O2. The summed E-state index contributed by atoms with van der Waals surface area (Å²) in [4.78, 5) is 26.3. The van der Waals surface area contributed by atoms with Crippen molar-refractivity contribution >= 4 is 11.8 Å². The molecule has 1 saturated carbocycles. The lowest BCUT2D eigenvalue weighted by Crippen LogP contribution is -2.47. The van der Waals surface area contributed by atoms with Crippen molar-refractivity contribution in [2.45, 2.75) is 76.3 Å². The van der Waals surface area contributed by atoms with Crippen LogP contribution in [0.15, 0.2) is 0 Å². The molecule has 2 amide bonds. The van der Waals surface area contributed by atoms with E-state index < -0.39 is 0 Å². The maximum atomic E-state index is 12.5. The Morgan fingerprint density at radius 1 is 1.10 bits per heavy atom. The van der Waals surface area contributed by atoms with Gasteiger partial charge in [-0.2, -0.15) is 0 Å². The fourth-order valence-electron chi connectivity index (χ4n) is 4.19. The Morgan fingerprint density at radius 3 is 2.65 bits per heavy atom. The minimum atomic E-state index is 0.171. The van der Waals surface area contributed by atoms with Gasteiger partial charge in [0, 0.05) is 19.4 Å². The molecule has 2 saturated heterocycles. The molecule has 3 fully saturated rings. The normalized spacial score (nSPS) is 31.6. The van der Waals surface area contributed by atoms with Crippen LogP contribution in [-0.4, -0.2) is 35.3 Å². The van der Waals surface area contributed by atoms with Crippen molar-refractivity contribution in [3.05, 3.63) is 0 Å². The van der Waals surface area contributed by atoms with Crippen LogP contribution in [0.4, 0.5) is 0 Å². The standard InChI is InChI=1S/C16H26N2O2/c19-15-8-4-3-7-14-13(17-15)9-10-18(14)16(20)11-12-5-1-2-6-12/h12-14H,1-11H2,(H,17,19)/t13-,14+/m0/s1. The summed E-state index contributed by atoms with van der Waals surface area (Å²) in [6.45, 7) is 0.834. The van der Waals surface area contributed by atoms with Crippen LogP contribution in [0.1, 0.15) is 64.2 Å². The first kappa shape index (κ1) is 13.9. The molecule has 20 heavy (non-hydrogen) atoms. The minimum absolute atomic E-state index is 0.171. The molecule has 0 unspecified atom stereocenters. The molecule has 1 N–H and O–H groups in total. The molecule has 0 bridgehead atoms. The Kier molecular flexibility index (Phi) is 4.27. The van der Waals surface area contributed by atoms with Crippen molar-refractivity contribution in [2.75, 3.05) is 6.54 Å². The topological polar surface area (TPSA) is 49.4 Å². The number of likely N-dealkylation sites (tertiary alicyclic amines) is 1. The first-order chi connectivity index (χ1) is 9.74. The number of hydrogen-bond acceptors (Lipinski definition) is 2. The quantitative estimate of drug-likeness (QED) is 0.842. The first-order valence-electron chi connectivity index (χ1n) is 8.33. The Balaban J connectivity index is 1.61. The molecule has 0 aromatic carbocycles. The highest BCUT2D eigenvalue weighted by molar-refractivity contribution is 5.79. The Bertz CT molecular complexity index is 377. The van der Waals surface area contributed by atoms with E-state index in [4.69, 9.17) is 0 Å². The first-order valence-corrected chi connectivity index (χ1v) is 8.33. The van der Waals surface area contributed by atoms with E-state index in [1.54, 1.807) is 0 Å². The van der Waals surface area contributed by atoms with Crippen molar-refractivity contribution in [1.29, 1.82) is 0 Å². The molecule has 2 atom stereocenters. The second-order valence-corrected chi connectivity index (χ2v) is 6.72. The molecule has 3 rings (SSSR count). The maximum absolute atomic E-state index is 12.5. The zero-order chi connectivity index (χ0) is 13.9. The summed E-state index contributed by atoms with van der Waals surface area (Å²) in [6, 6.07) is 0.462. The predicted molar refractivity (Wildman–Crippen MR) is 77.1 cm³/mol. The van der Waals surface area contributed by atoms with Gasteiger partial charge in [0.15, 0.2) is 0 Å². The van der Waals surface area contributed by atoms with Crippen LogP contribution in [-0.2, 0) is 9.59 Å². The van der Waals surface area contributed by atoms with E-state index in [0.29, 0.717) is 18.2 Å². The van der Waals surface area contributed by atoms with E-state index in [0.717, 1.165) is 38.6 Å². The average molecular weight is 278 g/mol. The molecule has 1 aliphatic carbocycles. The number of carbonyl (C=O) groups excluding carboxylic acids is 2. The molecule has 4 heteroatoms. The van der Waals surface area contributed by atoms with Crippen molar-refractivity contribution < 1.29 is 9.59 Å². The van der Waals surface area contributed by atoms with Gasteiger partial charge in [-0.05, 0) is 38.0 Å². The van der Waals surface area contributed by atoms with E-state index in [-0.39, 0.29) is 18.0 Å². The molecule has 0 aromatic heterocycles. The highest BCUT2D eigenvalue weighted by Gasteiger charge is 2.38. The third kappa shape index (κ3) is 2.99. The molecular weight excluding hydrogens is 252 g/mol. The van der Waals surface area contributed by atoms with Gasteiger partial charge in [-0.1, -0.05) is 19.3 Å². The van der Waals surface area contributed by atoms with E-state index in [2.05, 4.69) is 10.2 Å². The van der Waals surface area contributed by atoms with Gasteiger partial charge in [-0.25, -0.2) is 0 Å². The number of amides is 2. The predicted octanol–water partition coefficient (Wildman–Crippen LogP) is 2.23. The smallest absolute Gasteiger partial charge is 0.223 e. The third-order valence-electron chi connectivity index (χ3n) is 5.30. The highest BCUT2D eigenvalue weighted by atomic mass is 16.2. The van der Waals surface area contributed by atoms with Gasteiger partial charge in [-0.3, -0.25) is 9.59 Å². The number of fused-ring (bicyclic) bond motifs is 1. The van der Waals surface area contributed by atoms with Gasteiger partial charge in [0.1, 0.15) is 0 Å². The van der Waals surface area contributed by atoms with Crippen molar-refractivity contribution in [2.24, 2.45) is 5.92 Å². The molecule has 4 nitrogen and oxygen atoms in total. The fourth-order valence-corrected chi connectivity index (χ4v) is 4.19. The molecule has 2 heterocycles. The minimum Gasteiger partial charge on any atom is -0.351 e. The summed E-state index contributed by atoms with van der Waals surface area (Å²) in [6.07, 6.45) is 10.4. The lowest BCUT2D eigenvalue weighted by Gasteiger charge is -2.31.